The van der Waals surface area contributed by atoms with Crippen molar-refractivity contribution in [3.05, 3.63) is 254 Å². The Hall–Kier alpha value is -8.84. The topological polar surface area (TPSA) is 0 Å². The molecule has 0 spiro atoms. The van der Waals surface area contributed by atoms with Gasteiger partial charge in [-0.3, -0.25) is 0 Å². The van der Waals surface area contributed by atoms with Gasteiger partial charge in [0, 0.05) is 5.41 Å². The maximum absolute atomic E-state index is 2.54. The molecule has 0 radical (unpaired) electrons. The Balaban J connectivity index is 0.818. The smallest absolute Gasteiger partial charge is 0.0159 e. The molecule has 15 rings (SSSR count). The summed E-state index contributed by atoms with van der Waals surface area (Å²) >= 11 is 0. The Morgan fingerprint density at radius 2 is 0.507 bits per heavy atom. The maximum atomic E-state index is 2.54. The largest absolute Gasteiger partial charge is 0.0622 e. The molecule has 12 aromatic carbocycles. The van der Waals surface area contributed by atoms with E-state index in [2.05, 4.69) is 257 Å². The highest BCUT2D eigenvalue weighted by atomic mass is 14.4. The predicted octanol–water partition coefficient (Wildman–Crippen LogP) is 19.6. The van der Waals surface area contributed by atoms with Gasteiger partial charge in [-0.2, -0.15) is 0 Å². The van der Waals surface area contributed by atoms with Crippen LogP contribution in [0.25, 0.3) is 144 Å². The van der Waals surface area contributed by atoms with Crippen molar-refractivity contribution >= 4 is 21.5 Å². The fourth-order valence-electron chi connectivity index (χ4n) is 12.8. The third kappa shape index (κ3) is 5.86. The second kappa shape index (κ2) is 15.1. The van der Waals surface area contributed by atoms with E-state index in [-0.39, 0.29) is 5.41 Å². The first-order chi connectivity index (χ1) is 35.0. The molecule has 3 aliphatic carbocycles. The van der Waals surface area contributed by atoms with Gasteiger partial charge in [0.25, 0.3) is 0 Å². The van der Waals surface area contributed by atoms with Gasteiger partial charge in [0.15, 0.2) is 0 Å². The average molecular weight is 899 g/mol. The molecule has 0 aromatic heterocycles. The van der Waals surface area contributed by atoms with Crippen LogP contribution in [0.5, 0.6) is 0 Å². The molecule has 0 N–H and O–H groups in total. The zero-order valence-corrected chi connectivity index (χ0v) is 39.6. The fraction of sp³-hybridized carbons (Fsp3) is 0.0423. The van der Waals surface area contributed by atoms with Crippen LogP contribution in [0.15, 0.2) is 243 Å². The molecule has 0 atom stereocenters. The van der Waals surface area contributed by atoms with Gasteiger partial charge in [0.05, 0.1) is 0 Å². The van der Waals surface area contributed by atoms with E-state index in [1.54, 1.807) is 0 Å². The molecule has 0 fully saturated rings. The number of fused-ring (bicyclic) bond motifs is 9. The SMILES string of the molecule is CC1(C)c2cc3c(cc2-c2cc4c(cc21)-c1ccc(-c2ccccc2-c2ccc(-c5ccccc5)cc2)c2cccc-4c12)-c1cccc2c(-c4ccccc4-c4ccc(-c5ccccc5)cc4)ccc-3c12. The first-order valence-corrected chi connectivity index (χ1v) is 25.0. The van der Waals surface area contributed by atoms with Crippen molar-refractivity contribution in [1.82, 2.24) is 0 Å². The normalized spacial score (nSPS) is 13.0. The lowest BCUT2D eigenvalue weighted by Gasteiger charge is -2.23. The van der Waals surface area contributed by atoms with Crippen LogP contribution < -0.4 is 0 Å². The van der Waals surface area contributed by atoms with Crippen molar-refractivity contribution in [2.24, 2.45) is 0 Å². The Bertz CT molecular complexity index is 3920. The highest BCUT2D eigenvalue weighted by Gasteiger charge is 2.40. The quantitative estimate of drug-likeness (QED) is 0.156. The summed E-state index contributed by atoms with van der Waals surface area (Å²) in [6, 6.07) is 90.8. The van der Waals surface area contributed by atoms with Gasteiger partial charge in [-0.15, -0.1) is 0 Å². The third-order valence-electron chi connectivity index (χ3n) is 16.2. The molecule has 0 amide bonds. The summed E-state index contributed by atoms with van der Waals surface area (Å²) in [7, 11) is 0. The van der Waals surface area contributed by atoms with E-state index < -0.39 is 0 Å². The molecule has 0 aliphatic heterocycles. The number of benzene rings is 12. The molecule has 0 saturated heterocycles. The van der Waals surface area contributed by atoms with Crippen LogP contribution in [0.2, 0.25) is 0 Å². The van der Waals surface area contributed by atoms with Crippen LogP contribution in [0.4, 0.5) is 0 Å². The van der Waals surface area contributed by atoms with Crippen molar-refractivity contribution in [3.8, 4) is 122 Å². The average Bonchev–Trinajstić information content (AvgIpc) is 4.01. The number of hydrogen-bond acceptors (Lipinski definition) is 0. The summed E-state index contributed by atoms with van der Waals surface area (Å²) < 4.78 is 0. The van der Waals surface area contributed by atoms with Crippen molar-refractivity contribution in [2.45, 2.75) is 19.3 Å². The van der Waals surface area contributed by atoms with Gasteiger partial charge in [0.1, 0.15) is 0 Å². The van der Waals surface area contributed by atoms with Gasteiger partial charge < -0.3 is 0 Å². The molecule has 71 heavy (non-hydrogen) atoms. The highest BCUT2D eigenvalue weighted by Crippen LogP contribution is 2.60. The molecule has 3 aliphatic rings. The summed E-state index contributed by atoms with van der Waals surface area (Å²) in [5, 5.41) is 5.31. The van der Waals surface area contributed by atoms with Crippen LogP contribution in [-0.4, -0.2) is 0 Å². The van der Waals surface area contributed by atoms with E-state index in [1.807, 2.05) is 0 Å². The van der Waals surface area contributed by atoms with Crippen molar-refractivity contribution < 1.29 is 0 Å². The number of rotatable bonds is 6. The van der Waals surface area contributed by atoms with Crippen molar-refractivity contribution in [3.63, 3.8) is 0 Å². The minimum absolute atomic E-state index is 0.180. The van der Waals surface area contributed by atoms with Gasteiger partial charge in [-0.25, -0.2) is 0 Å². The molecule has 0 unspecified atom stereocenters. The van der Waals surface area contributed by atoms with Gasteiger partial charge in [-0.05, 0) is 179 Å². The lowest BCUT2D eigenvalue weighted by molar-refractivity contribution is 0.661. The molecule has 0 heterocycles. The molecule has 0 bridgehead atoms. The van der Waals surface area contributed by atoms with E-state index in [9.17, 15) is 0 Å². The summed E-state index contributed by atoms with van der Waals surface area (Å²) in [5.74, 6) is 0. The fourth-order valence-corrected chi connectivity index (χ4v) is 12.8. The van der Waals surface area contributed by atoms with Crippen molar-refractivity contribution in [1.29, 1.82) is 0 Å². The van der Waals surface area contributed by atoms with Gasteiger partial charge in [0.2, 0.25) is 0 Å². The number of hydrogen-bond donors (Lipinski definition) is 0. The van der Waals surface area contributed by atoms with E-state index >= 15 is 0 Å². The molecule has 0 heteroatoms. The Morgan fingerprint density at radius 3 is 0.930 bits per heavy atom. The lowest BCUT2D eigenvalue weighted by Crippen LogP contribution is -2.15. The van der Waals surface area contributed by atoms with Gasteiger partial charge >= 0.3 is 0 Å². The third-order valence-corrected chi connectivity index (χ3v) is 16.2. The second-order valence-electron chi connectivity index (χ2n) is 20.3. The maximum Gasteiger partial charge on any atom is 0.0159 e. The molecule has 12 aromatic rings. The molecule has 330 valence electrons. The zero-order chi connectivity index (χ0) is 47.0. The van der Waals surface area contributed by atoms with Gasteiger partial charge in [-0.1, -0.05) is 232 Å². The Morgan fingerprint density at radius 1 is 0.197 bits per heavy atom. The van der Waals surface area contributed by atoms with Crippen LogP contribution in [0.3, 0.4) is 0 Å². The summed E-state index contributed by atoms with van der Waals surface area (Å²) in [5.41, 5.74) is 30.9. The van der Waals surface area contributed by atoms with Crippen LogP contribution in [0, 0.1) is 0 Å². The minimum atomic E-state index is -0.180. The summed E-state index contributed by atoms with van der Waals surface area (Å²) in [6.07, 6.45) is 0. The molecular weight excluding hydrogens is 853 g/mol. The molecular formula is C71H46. The standard InChI is InChI=1S/C71H46/c1-71(2)67-41-63-59-37-35-53(51-21-11-9-19-49(51)47-31-27-45(28-32-47)43-15-5-3-6-16-43)55-23-13-25-57(69(55)59)61(63)39-65(67)66-40-62-58-26-14-24-56-54(36-38-60(70(56)58)64(62)42-68(66)71)52-22-12-10-20-50(52)48-33-29-46(30-34-48)44-17-7-4-8-18-44/h3-42H,1-2H3. The molecule has 0 saturated carbocycles. The predicted molar refractivity (Wildman–Crippen MR) is 300 cm³/mol. The molecule has 0 nitrogen and oxygen atoms in total. The minimum Gasteiger partial charge on any atom is -0.0622 e. The zero-order valence-electron chi connectivity index (χ0n) is 39.6. The summed E-state index contributed by atoms with van der Waals surface area (Å²) in [4.78, 5) is 0. The monoisotopic (exact) mass is 898 g/mol. The van der Waals surface area contributed by atoms with Crippen LogP contribution >= 0.6 is 0 Å². The second-order valence-corrected chi connectivity index (χ2v) is 20.3. The Kier molecular flexibility index (Phi) is 8.51. The van der Waals surface area contributed by atoms with E-state index in [4.69, 9.17) is 0 Å². The first-order valence-electron chi connectivity index (χ1n) is 25.0. The van der Waals surface area contributed by atoms with Crippen LogP contribution in [0.1, 0.15) is 25.0 Å². The van der Waals surface area contributed by atoms with Crippen molar-refractivity contribution in [2.75, 3.05) is 0 Å². The van der Waals surface area contributed by atoms with E-state index in [0.717, 1.165) is 0 Å². The van der Waals surface area contributed by atoms with Crippen LogP contribution in [-0.2, 0) is 5.41 Å². The van der Waals surface area contributed by atoms with E-state index in [1.165, 1.54) is 155 Å². The Labute approximate surface area is 414 Å². The summed E-state index contributed by atoms with van der Waals surface area (Å²) in [6.45, 7) is 4.87. The highest BCUT2D eigenvalue weighted by molar-refractivity contribution is 6.22. The lowest BCUT2D eigenvalue weighted by atomic mass is 9.80. The van der Waals surface area contributed by atoms with E-state index in [0.29, 0.717) is 0 Å². The first kappa shape index (κ1) is 40.1.